The number of hydrogen-bond donors (Lipinski definition) is 0. The molecule has 0 bridgehead atoms. The van der Waals surface area contributed by atoms with Gasteiger partial charge in [-0.2, -0.15) is 0 Å². The van der Waals surface area contributed by atoms with E-state index in [1.807, 2.05) is 11.8 Å². The Balaban J connectivity index is 1.81. The number of ether oxygens (including phenoxy) is 2. The largest absolute Gasteiger partial charge is 0.466 e. The van der Waals surface area contributed by atoms with Gasteiger partial charge in [-0.15, -0.1) is 0 Å². The van der Waals surface area contributed by atoms with Gasteiger partial charge in [-0.3, -0.25) is 9.59 Å². The lowest BCUT2D eigenvalue weighted by molar-refractivity contribution is -0.151. The van der Waals surface area contributed by atoms with Crippen LogP contribution in [-0.4, -0.2) is 49.2 Å². The van der Waals surface area contributed by atoms with E-state index in [4.69, 9.17) is 9.47 Å². The fourth-order valence-electron chi connectivity index (χ4n) is 2.95. The van der Waals surface area contributed by atoms with Crippen LogP contribution in [0.15, 0.2) is 0 Å². The SMILES string of the molecule is CCOC(=O)[C@H]1CCCN(C(=O)CC2CCCCO2)C1. The summed E-state index contributed by atoms with van der Waals surface area (Å²) >= 11 is 0. The van der Waals surface area contributed by atoms with Crippen LogP contribution in [0.2, 0.25) is 0 Å². The molecular weight excluding hydrogens is 258 g/mol. The van der Waals surface area contributed by atoms with Crippen LogP contribution in [-0.2, 0) is 19.1 Å². The highest BCUT2D eigenvalue weighted by Crippen LogP contribution is 2.21. The molecule has 2 saturated heterocycles. The third kappa shape index (κ3) is 4.20. The number of piperidine rings is 1. The Morgan fingerprint density at radius 3 is 2.80 bits per heavy atom. The summed E-state index contributed by atoms with van der Waals surface area (Å²) in [5.74, 6) is -0.204. The van der Waals surface area contributed by atoms with Crippen molar-refractivity contribution < 1.29 is 19.1 Å². The average Bonchev–Trinajstić information content (AvgIpc) is 2.48. The van der Waals surface area contributed by atoms with Crippen molar-refractivity contribution >= 4 is 11.9 Å². The van der Waals surface area contributed by atoms with Crippen LogP contribution in [0.25, 0.3) is 0 Å². The molecule has 0 N–H and O–H groups in total. The second-order valence-electron chi connectivity index (χ2n) is 5.62. The molecule has 5 nitrogen and oxygen atoms in total. The molecule has 0 aromatic carbocycles. The second-order valence-corrected chi connectivity index (χ2v) is 5.62. The van der Waals surface area contributed by atoms with Gasteiger partial charge in [-0.05, 0) is 39.0 Å². The quantitative estimate of drug-likeness (QED) is 0.738. The van der Waals surface area contributed by atoms with Crippen molar-refractivity contribution in [3.63, 3.8) is 0 Å². The maximum absolute atomic E-state index is 12.3. The van der Waals surface area contributed by atoms with Crippen molar-refractivity contribution in [2.75, 3.05) is 26.3 Å². The van der Waals surface area contributed by atoms with E-state index >= 15 is 0 Å². The fraction of sp³-hybridized carbons (Fsp3) is 0.867. The number of rotatable bonds is 4. The zero-order valence-corrected chi connectivity index (χ0v) is 12.3. The van der Waals surface area contributed by atoms with Crippen molar-refractivity contribution in [1.29, 1.82) is 0 Å². The number of hydrogen-bond acceptors (Lipinski definition) is 4. The summed E-state index contributed by atoms with van der Waals surface area (Å²) in [6.07, 6.45) is 5.43. The Bertz CT molecular complexity index is 339. The molecule has 20 heavy (non-hydrogen) atoms. The van der Waals surface area contributed by atoms with Crippen molar-refractivity contribution in [3.8, 4) is 0 Å². The van der Waals surface area contributed by atoms with E-state index in [1.165, 1.54) is 0 Å². The monoisotopic (exact) mass is 283 g/mol. The van der Waals surface area contributed by atoms with Crippen molar-refractivity contribution in [2.45, 2.75) is 51.6 Å². The third-order valence-electron chi connectivity index (χ3n) is 4.07. The zero-order chi connectivity index (χ0) is 14.4. The molecule has 2 atom stereocenters. The minimum Gasteiger partial charge on any atom is -0.466 e. The highest BCUT2D eigenvalue weighted by atomic mass is 16.5. The van der Waals surface area contributed by atoms with E-state index in [-0.39, 0.29) is 23.9 Å². The Morgan fingerprint density at radius 1 is 1.25 bits per heavy atom. The highest BCUT2D eigenvalue weighted by Gasteiger charge is 2.30. The summed E-state index contributed by atoms with van der Waals surface area (Å²) in [4.78, 5) is 25.9. The molecule has 5 heteroatoms. The molecule has 1 unspecified atom stereocenters. The summed E-state index contributed by atoms with van der Waals surface area (Å²) in [5.41, 5.74) is 0. The third-order valence-corrected chi connectivity index (χ3v) is 4.07. The first-order chi connectivity index (χ1) is 9.70. The van der Waals surface area contributed by atoms with Crippen LogP contribution < -0.4 is 0 Å². The molecule has 0 aromatic heterocycles. The summed E-state index contributed by atoms with van der Waals surface area (Å²) in [5, 5.41) is 0. The number of carbonyl (C=O) groups excluding carboxylic acids is 2. The van der Waals surface area contributed by atoms with E-state index in [0.29, 0.717) is 19.6 Å². The summed E-state index contributed by atoms with van der Waals surface area (Å²) in [7, 11) is 0. The van der Waals surface area contributed by atoms with Crippen molar-refractivity contribution in [1.82, 2.24) is 4.90 Å². The van der Waals surface area contributed by atoms with E-state index in [1.54, 1.807) is 0 Å². The normalized spacial score (nSPS) is 27.1. The molecule has 114 valence electrons. The predicted octanol–water partition coefficient (Wildman–Crippen LogP) is 1.75. The maximum atomic E-state index is 12.3. The van der Waals surface area contributed by atoms with Crippen molar-refractivity contribution in [3.05, 3.63) is 0 Å². The maximum Gasteiger partial charge on any atom is 0.310 e. The predicted molar refractivity (Wildman–Crippen MR) is 74.1 cm³/mol. The van der Waals surface area contributed by atoms with E-state index < -0.39 is 0 Å². The molecule has 1 amide bonds. The highest BCUT2D eigenvalue weighted by molar-refractivity contribution is 5.79. The molecule has 0 radical (unpaired) electrons. The van der Waals surface area contributed by atoms with Crippen LogP contribution in [0, 0.1) is 5.92 Å². The lowest BCUT2D eigenvalue weighted by atomic mass is 9.97. The Labute approximate surface area is 120 Å². The van der Waals surface area contributed by atoms with Gasteiger partial charge in [0.1, 0.15) is 0 Å². The molecule has 0 saturated carbocycles. The smallest absolute Gasteiger partial charge is 0.310 e. The first-order valence-corrected chi connectivity index (χ1v) is 7.76. The van der Waals surface area contributed by atoms with Gasteiger partial charge in [0.25, 0.3) is 0 Å². The molecule has 2 rings (SSSR count). The minimum absolute atomic E-state index is 0.0687. The van der Waals surface area contributed by atoms with Gasteiger partial charge in [-0.1, -0.05) is 0 Å². The van der Waals surface area contributed by atoms with E-state index in [2.05, 4.69) is 0 Å². The second kappa shape index (κ2) is 7.62. The van der Waals surface area contributed by atoms with E-state index in [9.17, 15) is 9.59 Å². The molecule has 2 aliphatic heterocycles. The molecule has 0 spiro atoms. The van der Waals surface area contributed by atoms with Crippen LogP contribution >= 0.6 is 0 Å². The molecule has 2 fully saturated rings. The lowest BCUT2D eigenvalue weighted by Crippen LogP contribution is -2.44. The molecule has 0 aliphatic carbocycles. The zero-order valence-electron chi connectivity index (χ0n) is 12.3. The first kappa shape index (κ1) is 15.3. The van der Waals surface area contributed by atoms with E-state index in [0.717, 1.165) is 45.3 Å². The number of carbonyl (C=O) groups is 2. The minimum atomic E-state index is -0.168. The molecule has 2 aliphatic rings. The number of nitrogens with zero attached hydrogens (tertiary/aromatic N) is 1. The van der Waals surface area contributed by atoms with Crippen LogP contribution in [0.5, 0.6) is 0 Å². The van der Waals surface area contributed by atoms with Gasteiger partial charge in [0.05, 0.1) is 25.0 Å². The number of esters is 1. The van der Waals surface area contributed by atoms with Gasteiger partial charge in [0.15, 0.2) is 0 Å². The summed E-state index contributed by atoms with van der Waals surface area (Å²) in [6, 6.07) is 0. The topological polar surface area (TPSA) is 55.8 Å². The lowest BCUT2D eigenvalue weighted by Gasteiger charge is -2.33. The van der Waals surface area contributed by atoms with Gasteiger partial charge in [0.2, 0.25) is 5.91 Å². The van der Waals surface area contributed by atoms with Gasteiger partial charge in [0, 0.05) is 19.7 Å². The standard InChI is InChI=1S/C15H25NO4/c1-2-19-15(18)12-6-5-8-16(11-12)14(17)10-13-7-3-4-9-20-13/h12-13H,2-11H2,1H3/t12-,13?/m0/s1. The Morgan fingerprint density at radius 2 is 2.10 bits per heavy atom. The Hall–Kier alpha value is -1.10. The Kier molecular flexibility index (Phi) is 5.83. The van der Waals surface area contributed by atoms with Crippen LogP contribution in [0.3, 0.4) is 0 Å². The summed E-state index contributed by atoms with van der Waals surface area (Å²) < 4.78 is 10.7. The fourth-order valence-corrected chi connectivity index (χ4v) is 2.95. The molecule has 2 heterocycles. The van der Waals surface area contributed by atoms with Gasteiger partial charge < -0.3 is 14.4 Å². The molecular formula is C15H25NO4. The average molecular weight is 283 g/mol. The van der Waals surface area contributed by atoms with Crippen LogP contribution in [0.4, 0.5) is 0 Å². The van der Waals surface area contributed by atoms with Gasteiger partial charge >= 0.3 is 5.97 Å². The van der Waals surface area contributed by atoms with Crippen molar-refractivity contribution in [2.24, 2.45) is 5.92 Å². The van der Waals surface area contributed by atoms with Crippen LogP contribution in [0.1, 0.15) is 45.4 Å². The molecule has 0 aromatic rings. The van der Waals surface area contributed by atoms with Gasteiger partial charge in [-0.25, -0.2) is 0 Å². The number of amides is 1. The first-order valence-electron chi connectivity index (χ1n) is 7.76. The summed E-state index contributed by atoms with van der Waals surface area (Å²) in [6.45, 7) is 4.23. The number of likely N-dealkylation sites (tertiary alicyclic amines) is 1.